The second-order valence-corrected chi connectivity index (χ2v) is 7.52. The van der Waals surface area contributed by atoms with Crippen molar-refractivity contribution < 1.29 is 4.74 Å². The number of ether oxygens (including phenoxy) is 1. The Morgan fingerprint density at radius 2 is 1.97 bits per heavy atom. The van der Waals surface area contributed by atoms with Crippen LogP contribution in [0.15, 0.2) is 59.6 Å². The maximum atomic E-state index is 5.98. The molecule has 2 unspecified atom stereocenters. The number of aliphatic imine (C=N–C) groups is 1. The fraction of sp³-hybridized carbons (Fsp3) is 0.435. The molecule has 0 aromatic heterocycles. The van der Waals surface area contributed by atoms with Gasteiger partial charge in [-0.3, -0.25) is 4.99 Å². The van der Waals surface area contributed by atoms with Crippen LogP contribution in [0.1, 0.15) is 18.9 Å². The predicted molar refractivity (Wildman–Crippen MR) is 133 cm³/mol. The summed E-state index contributed by atoms with van der Waals surface area (Å²) >= 11 is 0. The molecule has 2 atom stereocenters. The van der Waals surface area contributed by atoms with Gasteiger partial charge in [-0.05, 0) is 56.0 Å². The van der Waals surface area contributed by atoms with E-state index in [1.807, 2.05) is 19.2 Å². The first-order valence-corrected chi connectivity index (χ1v) is 10.1. The summed E-state index contributed by atoms with van der Waals surface area (Å²) in [5.74, 6) is 2.36. The van der Waals surface area contributed by atoms with E-state index < -0.39 is 0 Å². The second kappa shape index (κ2) is 11.9. The first kappa shape index (κ1) is 23.3. The molecule has 3 rings (SSSR count). The van der Waals surface area contributed by atoms with Gasteiger partial charge in [0.05, 0.1) is 6.54 Å². The van der Waals surface area contributed by atoms with E-state index in [1.165, 1.54) is 17.7 Å². The molecule has 1 fully saturated rings. The summed E-state index contributed by atoms with van der Waals surface area (Å²) in [7, 11) is 1.81. The number of benzene rings is 2. The molecule has 2 aromatic rings. The van der Waals surface area contributed by atoms with E-state index >= 15 is 0 Å². The highest BCUT2D eigenvalue weighted by atomic mass is 127. The van der Waals surface area contributed by atoms with E-state index in [0.29, 0.717) is 12.5 Å². The SMILES string of the molecule is CN=C(NCC1CCN(c2ccccc2)C1)NCC(C)Oc1cccc(C)c1.I. The zero-order valence-corrected chi connectivity index (χ0v) is 19.9. The molecule has 2 aromatic carbocycles. The minimum Gasteiger partial charge on any atom is -0.489 e. The molecule has 0 saturated carbocycles. The second-order valence-electron chi connectivity index (χ2n) is 7.52. The highest BCUT2D eigenvalue weighted by molar-refractivity contribution is 14.0. The molecule has 0 radical (unpaired) electrons. The van der Waals surface area contributed by atoms with Gasteiger partial charge in [-0.15, -0.1) is 24.0 Å². The molecule has 1 aliphatic rings. The number of nitrogens with one attached hydrogen (secondary N) is 2. The molecule has 0 bridgehead atoms. The molecule has 0 aliphatic carbocycles. The lowest BCUT2D eigenvalue weighted by Gasteiger charge is -2.20. The van der Waals surface area contributed by atoms with Crippen LogP contribution in [0.25, 0.3) is 0 Å². The zero-order valence-electron chi connectivity index (χ0n) is 17.6. The van der Waals surface area contributed by atoms with Gasteiger partial charge in [0.25, 0.3) is 0 Å². The summed E-state index contributed by atoms with van der Waals surface area (Å²) < 4.78 is 5.98. The van der Waals surface area contributed by atoms with Crippen molar-refractivity contribution in [1.82, 2.24) is 10.6 Å². The quantitative estimate of drug-likeness (QED) is 0.337. The molecule has 29 heavy (non-hydrogen) atoms. The first-order chi connectivity index (χ1) is 13.6. The molecule has 2 N–H and O–H groups in total. The van der Waals surface area contributed by atoms with Crippen molar-refractivity contribution in [2.75, 3.05) is 38.1 Å². The van der Waals surface area contributed by atoms with E-state index in [4.69, 9.17) is 4.74 Å². The highest BCUT2D eigenvalue weighted by Gasteiger charge is 2.22. The largest absolute Gasteiger partial charge is 0.489 e. The molecule has 0 amide bonds. The van der Waals surface area contributed by atoms with Gasteiger partial charge in [0.2, 0.25) is 0 Å². The van der Waals surface area contributed by atoms with Gasteiger partial charge in [0.1, 0.15) is 11.9 Å². The number of para-hydroxylation sites is 1. The van der Waals surface area contributed by atoms with Crippen LogP contribution in [-0.4, -0.2) is 45.3 Å². The van der Waals surface area contributed by atoms with Gasteiger partial charge in [-0.25, -0.2) is 0 Å². The summed E-state index contributed by atoms with van der Waals surface area (Å²) in [6, 6.07) is 18.8. The predicted octanol–water partition coefficient (Wildman–Crippen LogP) is 4.07. The Hall–Kier alpha value is -1.96. The Morgan fingerprint density at radius 1 is 1.17 bits per heavy atom. The number of aryl methyl sites for hydroxylation is 1. The Balaban J connectivity index is 0.00000300. The Morgan fingerprint density at radius 3 is 2.69 bits per heavy atom. The van der Waals surface area contributed by atoms with Crippen molar-refractivity contribution >= 4 is 35.6 Å². The van der Waals surface area contributed by atoms with Crippen LogP contribution in [0.4, 0.5) is 5.69 Å². The van der Waals surface area contributed by atoms with Crippen LogP contribution < -0.4 is 20.3 Å². The fourth-order valence-electron chi connectivity index (χ4n) is 3.54. The lowest BCUT2D eigenvalue weighted by Crippen LogP contribution is -2.43. The van der Waals surface area contributed by atoms with E-state index in [-0.39, 0.29) is 30.1 Å². The molecule has 1 heterocycles. The Kier molecular flexibility index (Phi) is 9.57. The standard InChI is InChI=1S/C23H32N4O.HI/c1-18-8-7-11-22(14-18)28-19(2)15-25-23(24-3)26-16-20-12-13-27(17-20)21-9-5-4-6-10-21;/h4-11,14,19-20H,12-13,15-17H2,1-3H3,(H2,24,25,26);1H. The van der Waals surface area contributed by atoms with Gasteiger partial charge in [-0.2, -0.15) is 0 Å². The average molecular weight is 508 g/mol. The molecular formula is C23H33IN4O. The van der Waals surface area contributed by atoms with Crippen LogP contribution in [0.2, 0.25) is 0 Å². The number of hydrogen-bond acceptors (Lipinski definition) is 3. The Labute approximate surface area is 192 Å². The normalized spacial score (nSPS) is 17.4. The van der Waals surface area contributed by atoms with Gasteiger partial charge >= 0.3 is 0 Å². The van der Waals surface area contributed by atoms with Crippen molar-refractivity contribution in [3.8, 4) is 5.75 Å². The number of halogens is 1. The Bertz CT molecular complexity index is 768. The van der Waals surface area contributed by atoms with Crippen molar-refractivity contribution in [2.24, 2.45) is 10.9 Å². The number of hydrogen-bond donors (Lipinski definition) is 2. The van der Waals surface area contributed by atoms with E-state index in [2.05, 4.69) is 76.8 Å². The molecule has 5 nitrogen and oxygen atoms in total. The summed E-state index contributed by atoms with van der Waals surface area (Å²) in [4.78, 5) is 6.80. The van der Waals surface area contributed by atoms with Crippen LogP contribution >= 0.6 is 24.0 Å². The van der Waals surface area contributed by atoms with E-state index in [0.717, 1.165) is 31.3 Å². The number of guanidine groups is 1. The zero-order chi connectivity index (χ0) is 19.8. The summed E-state index contributed by atoms with van der Waals surface area (Å²) in [6.45, 7) is 7.97. The lowest BCUT2D eigenvalue weighted by molar-refractivity contribution is 0.223. The van der Waals surface area contributed by atoms with Gasteiger partial charge in [0.15, 0.2) is 5.96 Å². The van der Waals surface area contributed by atoms with Gasteiger partial charge in [-0.1, -0.05) is 30.3 Å². The molecule has 1 aliphatic heterocycles. The van der Waals surface area contributed by atoms with Crippen molar-refractivity contribution in [1.29, 1.82) is 0 Å². The van der Waals surface area contributed by atoms with Crippen molar-refractivity contribution in [3.63, 3.8) is 0 Å². The molecule has 1 saturated heterocycles. The van der Waals surface area contributed by atoms with Crippen LogP contribution in [0, 0.1) is 12.8 Å². The van der Waals surface area contributed by atoms with Crippen LogP contribution in [-0.2, 0) is 0 Å². The minimum absolute atomic E-state index is 0. The molecule has 6 heteroatoms. The van der Waals surface area contributed by atoms with Crippen molar-refractivity contribution in [2.45, 2.75) is 26.4 Å². The minimum atomic E-state index is 0. The monoisotopic (exact) mass is 508 g/mol. The summed E-state index contributed by atoms with van der Waals surface area (Å²) in [5, 5.41) is 6.84. The third kappa shape index (κ3) is 7.42. The topological polar surface area (TPSA) is 48.9 Å². The first-order valence-electron chi connectivity index (χ1n) is 10.1. The molecule has 158 valence electrons. The lowest BCUT2D eigenvalue weighted by atomic mass is 10.1. The highest BCUT2D eigenvalue weighted by Crippen LogP contribution is 2.22. The molecular weight excluding hydrogens is 475 g/mol. The van der Waals surface area contributed by atoms with Gasteiger partial charge in [0, 0.05) is 32.4 Å². The number of anilines is 1. The number of nitrogens with zero attached hydrogens (tertiary/aromatic N) is 2. The number of rotatable bonds is 7. The summed E-state index contributed by atoms with van der Waals surface area (Å²) in [6.07, 6.45) is 1.26. The third-order valence-electron chi connectivity index (χ3n) is 5.07. The smallest absolute Gasteiger partial charge is 0.191 e. The fourth-order valence-corrected chi connectivity index (χ4v) is 3.54. The average Bonchev–Trinajstić information content (AvgIpc) is 3.18. The maximum absolute atomic E-state index is 5.98. The van der Waals surface area contributed by atoms with E-state index in [9.17, 15) is 0 Å². The van der Waals surface area contributed by atoms with Crippen molar-refractivity contribution in [3.05, 3.63) is 60.2 Å². The van der Waals surface area contributed by atoms with E-state index in [1.54, 1.807) is 0 Å². The van der Waals surface area contributed by atoms with Crippen LogP contribution in [0.3, 0.4) is 0 Å². The van der Waals surface area contributed by atoms with Crippen LogP contribution in [0.5, 0.6) is 5.75 Å². The third-order valence-corrected chi connectivity index (χ3v) is 5.07. The van der Waals surface area contributed by atoms with Gasteiger partial charge < -0.3 is 20.3 Å². The maximum Gasteiger partial charge on any atom is 0.191 e. The molecule has 0 spiro atoms. The summed E-state index contributed by atoms with van der Waals surface area (Å²) in [5.41, 5.74) is 2.52.